The van der Waals surface area contributed by atoms with Crippen LogP contribution in [0.4, 0.5) is 0 Å². The summed E-state index contributed by atoms with van der Waals surface area (Å²) in [7, 11) is 2.00. The van der Waals surface area contributed by atoms with E-state index in [4.69, 9.17) is 4.42 Å². The van der Waals surface area contributed by atoms with Crippen molar-refractivity contribution in [3.63, 3.8) is 0 Å². The lowest BCUT2D eigenvalue weighted by Crippen LogP contribution is -2.22. The summed E-state index contributed by atoms with van der Waals surface area (Å²) in [6.45, 7) is 0.993. The van der Waals surface area contributed by atoms with E-state index in [2.05, 4.69) is 45.5 Å². The van der Waals surface area contributed by atoms with E-state index in [0.717, 1.165) is 29.6 Å². The Morgan fingerprint density at radius 1 is 1.22 bits per heavy atom. The van der Waals surface area contributed by atoms with Crippen molar-refractivity contribution in [3.05, 3.63) is 58.5 Å². The van der Waals surface area contributed by atoms with Crippen molar-refractivity contribution in [1.82, 2.24) is 5.32 Å². The first-order chi connectivity index (χ1) is 8.78. The van der Waals surface area contributed by atoms with E-state index in [9.17, 15) is 0 Å². The van der Waals surface area contributed by atoms with Gasteiger partial charge in [-0.2, -0.15) is 0 Å². The first kappa shape index (κ1) is 13.4. The molecule has 1 atom stereocenters. The Labute approximate surface area is 117 Å². The second-order valence-electron chi connectivity index (χ2n) is 4.54. The first-order valence-electron chi connectivity index (χ1n) is 6.19. The molecule has 2 rings (SSSR count). The van der Waals surface area contributed by atoms with Gasteiger partial charge in [0.2, 0.25) is 0 Å². The summed E-state index contributed by atoms with van der Waals surface area (Å²) < 4.78 is 6.57. The molecule has 0 aliphatic rings. The molecule has 2 nitrogen and oxygen atoms in total. The van der Waals surface area contributed by atoms with Crippen molar-refractivity contribution in [2.45, 2.75) is 12.8 Å². The molecule has 0 saturated carbocycles. The number of halogens is 1. The highest BCUT2D eigenvalue weighted by Gasteiger charge is 2.11. The molecule has 3 heteroatoms. The van der Waals surface area contributed by atoms with E-state index in [1.807, 2.05) is 19.2 Å². The number of hydrogen-bond acceptors (Lipinski definition) is 2. The zero-order valence-corrected chi connectivity index (χ0v) is 12.1. The van der Waals surface area contributed by atoms with Crippen molar-refractivity contribution in [2.75, 3.05) is 13.6 Å². The van der Waals surface area contributed by atoms with Gasteiger partial charge in [-0.3, -0.25) is 0 Å². The molecule has 1 N–H and O–H groups in total. The molecule has 0 aliphatic heterocycles. The minimum Gasteiger partial charge on any atom is -0.469 e. The summed E-state index contributed by atoms with van der Waals surface area (Å²) in [4.78, 5) is 0. The SMILES string of the molecule is CNCC(Cc1cccc(Br)c1)Cc1ccco1. The zero-order valence-electron chi connectivity index (χ0n) is 10.5. The molecule has 18 heavy (non-hydrogen) atoms. The van der Waals surface area contributed by atoms with Crippen molar-refractivity contribution < 1.29 is 4.42 Å². The number of hydrogen-bond donors (Lipinski definition) is 1. The standard InChI is InChI=1S/C15H18BrNO/c1-17-11-13(10-15-6-3-7-18-15)8-12-4-2-5-14(16)9-12/h2-7,9,13,17H,8,10-11H2,1H3. The molecular formula is C15H18BrNO. The third-order valence-corrected chi connectivity index (χ3v) is 3.47. The van der Waals surface area contributed by atoms with Gasteiger partial charge in [-0.1, -0.05) is 28.1 Å². The molecule has 1 heterocycles. The lowest BCUT2D eigenvalue weighted by atomic mass is 9.95. The van der Waals surface area contributed by atoms with Gasteiger partial charge in [0.25, 0.3) is 0 Å². The van der Waals surface area contributed by atoms with E-state index < -0.39 is 0 Å². The molecule has 1 aromatic carbocycles. The molecule has 0 saturated heterocycles. The lowest BCUT2D eigenvalue weighted by Gasteiger charge is -2.15. The Kier molecular flexibility index (Phi) is 5.02. The van der Waals surface area contributed by atoms with Crippen LogP contribution in [0.2, 0.25) is 0 Å². The van der Waals surface area contributed by atoms with Gasteiger partial charge in [-0.25, -0.2) is 0 Å². The second kappa shape index (κ2) is 6.76. The Morgan fingerprint density at radius 2 is 2.11 bits per heavy atom. The monoisotopic (exact) mass is 307 g/mol. The predicted octanol–water partition coefficient (Wildman–Crippen LogP) is 3.66. The predicted molar refractivity (Wildman–Crippen MR) is 77.7 cm³/mol. The van der Waals surface area contributed by atoms with Crippen LogP contribution in [0.25, 0.3) is 0 Å². The average molecular weight is 308 g/mol. The van der Waals surface area contributed by atoms with Gasteiger partial charge in [0.05, 0.1) is 6.26 Å². The van der Waals surface area contributed by atoms with E-state index >= 15 is 0 Å². The second-order valence-corrected chi connectivity index (χ2v) is 5.46. The van der Waals surface area contributed by atoms with Crippen molar-refractivity contribution >= 4 is 15.9 Å². The Morgan fingerprint density at radius 3 is 2.78 bits per heavy atom. The lowest BCUT2D eigenvalue weighted by molar-refractivity contribution is 0.424. The van der Waals surface area contributed by atoms with Crippen LogP contribution < -0.4 is 5.32 Å². The van der Waals surface area contributed by atoms with Crippen LogP contribution in [-0.2, 0) is 12.8 Å². The van der Waals surface area contributed by atoms with Crippen LogP contribution in [0.1, 0.15) is 11.3 Å². The molecule has 0 spiro atoms. The summed E-state index contributed by atoms with van der Waals surface area (Å²) in [5.74, 6) is 1.61. The Hall–Kier alpha value is -1.06. The average Bonchev–Trinajstić information content (AvgIpc) is 2.82. The normalized spacial score (nSPS) is 12.6. The van der Waals surface area contributed by atoms with Gasteiger partial charge in [0.1, 0.15) is 5.76 Å². The molecule has 0 bridgehead atoms. The molecule has 96 valence electrons. The highest BCUT2D eigenvalue weighted by Crippen LogP contribution is 2.18. The van der Waals surface area contributed by atoms with Crippen LogP contribution in [0.3, 0.4) is 0 Å². The molecular weight excluding hydrogens is 290 g/mol. The summed E-state index contributed by atoms with van der Waals surface area (Å²) in [5.41, 5.74) is 1.36. The quantitative estimate of drug-likeness (QED) is 0.881. The van der Waals surface area contributed by atoms with Gasteiger partial charge in [0, 0.05) is 10.9 Å². The summed E-state index contributed by atoms with van der Waals surface area (Å²) in [6.07, 6.45) is 3.77. The Bertz CT molecular complexity index is 467. The summed E-state index contributed by atoms with van der Waals surface area (Å²) in [5, 5.41) is 3.26. The zero-order chi connectivity index (χ0) is 12.8. The van der Waals surface area contributed by atoms with Gasteiger partial charge in [-0.15, -0.1) is 0 Å². The number of benzene rings is 1. The van der Waals surface area contributed by atoms with Gasteiger partial charge < -0.3 is 9.73 Å². The fraction of sp³-hybridized carbons (Fsp3) is 0.333. The maximum absolute atomic E-state index is 5.43. The maximum Gasteiger partial charge on any atom is 0.104 e. The third-order valence-electron chi connectivity index (χ3n) is 2.98. The van der Waals surface area contributed by atoms with E-state index in [0.29, 0.717) is 5.92 Å². The van der Waals surface area contributed by atoms with Crippen LogP contribution in [0, 0.1) is 5.92 Å². The van der Waals surface area contributed by atoms with Gasteiger partial charge in [0.15, 0.2) is 0 Å². The number of furan rings is 1. The van der Waals surface area contributed by atoms with Gasteiger partial charge in [-0.05, 0) is 55.8 Å². The molecule has 0 aliphatic carbocycles. The van der Waals surface area contributed by atoms with Crippen LogP contribution in [0.15, 0.2) is 51.6 Å². The minimum atomic E-state index is 0.551. The fourth-order valence-electron chi connectivity index (χ4n) is 2.22. The number of rotatable bonds is 6. The highest BCUT2D eigenvalue weighted by atomic mass is 79.9. The fourth-order valence-corrected chi connectivity index (χ4v) is 2.66. The van der Waals surface area contributed by atoms with Crippen molar-refractivity contribution in [1.29, 1.82) is 0 Å². The Balaban J connectivity index is 2.01. The van der Waals surface area contributed by atoms with Crippen molar-refractivity contribution in [2.24, 2.45) is 5.92 Å². The minimum absolute atomic E-state index is 0.551. The number of nitrogens with one attached hydrogen (secondary N) is 1. The summed E-state index contributed by atoms with van der Waals surface area (Å²) in [6, 6.07) is 12.5. The first-order valence-corrected chi connectivity index (χ1v) is 6.98. The molecule has 0 radical (unpaired) electrons. The van der Waals surface area contributed by atoms with E-state index in [-0.39, 0.29) is 0 Å². The van der Waals surface area contributed by atoms with Crippen LogP contribution >= 0.6 is 15.9 Å². The van der Waals surface area contributed by atoms with Crippen LogP contribution in [-0.4, -0.2) is 13.6 Å². The third kappa shape index (κ3) is 4.00. The molecule has 1 unspecified atom stereocenters. The van der Waals surface area contributed by atoms with Crippen molar-refractivity contribution in [3.8, 4) is 0 Å². The highest BCUT2D eigenvalue weighted by molar-refractivity contribution is 9.10. The summed E-state index contributed by atoms with van der Waals surface area (Å²) >= 11 is 3.52. The van der Waals surface area contributed by atoms with Crippen LogP contribution in [0.5, 0.6) is 0 Å². The largest absolute Gasteiger partial charge is 0.469 e. The molecule has 0 fully saturated rings. The molecule has 1 aromatic heterocycles. The van der Waals surface area contributed by atoms with E-state index in [1.54, 1.807) is 6.26 Å². The van der Waals surface area contributed by atoms with E-state index in [1.165, 1.54) is 5.56 Å². The molecule has 2 aromatic rings. The maximum atomic E-state index is 5.43. The smallest absolute Gasteiger partial charge is 0.104 e. The van der Waals surface area contributed by atoms with Gasteiger partial charge >= 0.3 is 0 Å². The molecule has 0 amide bonds. The topological polar surface area (TPSA) is 25.2 Å².